The second kappa shape index (κ2) is 6.99. The van der Waals surface area contributed by atoms with Crippen LogP contribution in [0.5, 0.6) is 0 Å². The highest BCUT2D eigenvalue weighted by Crippen LogP contribution is 2.36. The predicted octanol–water partition coefficient (Wildman–Crippen LogP) is 3.41. The molecule has 27 heavy (non-hydrogen) atoms. The number of aliphatic carboxylic acids is 1. The Hall–Kier alpha value is -2.35. The molecule has 1 N–H and O–H groups in total. The molecule has 4 rings (SSSR count). The summed E-state index contributed by atoms with van der Waals surface area (Å²) in [7, 11) is 1.52. The molecule has 7 nitrogen and oxygen atoms in total. The lowest BCUT2D eigenvalue weighted by Gasteiger charge is -2.26. The van der Waals surface area contributed by atoms with E-state index in [9.17, 15) is 9.90 Å². The number of fused-ring (bicyclic) bond motifs is 1. The summed E-state index contributed by atoms with van der Waals surface area (Å²) in [4.78, 5) is 22.3. The van der Waals surface area contributed by atoms with Crippen LogP contribution >= 0.6 is 23.2 Å². The first-order valence-electron chi connectivity index (χ1n) is 8.30. The number of halogens is 2. The second-order valence-corrected chi connectivity index (χ2v) is 7.05. The molecule has 9 heteroatoms. The summed E-state index contributed by atoms with van der Waals surface area (Å²) < 4.78 is 7.19. The number of anilines is 1. The fraction of sp³-hybridized carbons (Fsp3) is 0.278. The van der Waals surface area contributed by atoms with Crippen LogP contribution in [0.25, 0.3) is 16.6 Å². The molecule has 3 heterocycles. The highest BCUT2D eigenvalue weighted by Gasteiger charge is 2.40. The first kappa shape index (κ1) is 18.0. The lowest BCUT2D eigenvalue weighted by Crippen LogP contribution is -2.43. The monoisotopic (exact) mass is 406 g/mol. The molecule has 1 aliphatic heterocycles. The number of hydrogen-bond donors (Lipinski definition) is 1. The van der Waals surface area contributed by atoms with Gasteiger partial charge in [-0.3, -0.25) is 0 Å². The van der Waals surface area contributed by atoms with Gasteiger partial charge in [0.15, 0.2) is 6.04 Å². The van der Waals surface area contributed by atoms with Crippen molar-refractivity contribution in [3.05, 3.63) is 47.0 Å². The number of carbonyl (C=O) groups is 1. The molecule has 1 saturated heterocycles. The topological polar surface area (TPSA) is 80.5 Å². The number of pyridine rings is 1. The van der Waals surface area contributed by atoms with E-state index >= 15 is 0 Å². The maximum Gasteiger partial charge on any atom is 0.329 e. The Kier molecular flexibility index (Phi) is 4.67. The smallest absolute Gasteiger partial charge is 0.329 e. The van der Waals surface area contributed by atoms with Gasteiger partial charge in [0.2, 0.25) is 0 Å². The minimum Gasteiger partial charge on any atom is -0.480 e. The van der Waals surface area contributed by atoms with Crippen LogP contribution in [0.15, 0.2) is 36.9 Å². The fourth-order valence-electron chi connectivity index (χ4n) is 3.53. The van der Waals surface area contributed by atoms with E-state index in [1.807, 2.05) is 16.7 Å². The molecule has 3 aromatic rings. The number of imidazole rings is 1. The van der Waals surface area contributed by atoms with Crippen LogP contribution in [0.1, 0.15) is 6.42 Å². The molecule has 1 fully saturated rings. The van der Waals surface area contributed by atoms with E-state index in [0.29, 0.717) is 34.3 Å². The minimum atomic E-state index is -0.956. The zero-order valence-electron chi connectivity index (χ0n) is 14.3. The van der Waals surface area contributed by atoms with Crippen molar-refractivity contribution in [2.45, 2.75) is 18.6 Å². The third-order valence-corrected chi connectivity index (χ3v) is 5.61. The lowest BCUT2D eigenvalue weighted by molar-refractivity contribution is -0.141. The number of aromatic nitrogens is 3. The molecule has 1 aliphatic rings. The second-order valence-electron chi connectivity index (χ2n) is 6.27. The van der Waals surface area contributed by atoms with Crippen molar-refractivity contribution in [2.75, 3.05) is 18.6 Å². The Balaban J connectivity index is 1.94. The van der Waals surface area contributed by atoms with E-state index in [2.05, 4.69) is 9.97 Å². The molecule has 140 valence electrons. The molecule has 0 spiro atoms. The number of hydrogen-bond acceptors (Lipinski definition) is 5. The summed E-state index contributed by atoms with van der Waals surface area (Å²) in [5.74, 6) is -0.454. The van der Waals surface area contributed by atoms with Crippen molar-refractivity contribution < 1.29 is 14.6 Å². The molecule has 0 bridgehead atoms. The van der Waals surface area contributed by atoms with Gasteiger partial charge in [-0.2, -0.15) is 0 Å². The van der Waals surface area contributed by atoms with Gasteiger partial charge in [0.25, 0.3) is 0 Å². The van der Waals surface area contributed by atoms with Crippen LogP contribution in [0.2, 0.25) is 10.0 Å². The Morgan fingerprint density at radius 3 is 2.85 bits per heavy atom. The zero-order valence-corrected chi connectivity index (χ0v) is 15.9. The van der Waals surface area contributed by atoms with Crippen molar-refractivity contribution in [3.8, 4) is 5.69 Å². The van der Waals surface area contributed by atoms with Crippen LogP contribution in [0.3, 0.4) is 0 Å². The fourth-order valence-corrected chi connectivity index (χ4v) is 3.88. The molecule has 1 aromatic carbocycles. The van der Waals surface area contributed by atoms with E-state index in [1.54, 1.807) is 29.7 Å². The molecule has 2 aromatic heterocycles. The van der Waals surface area contributed by atoms with E-state index in [-0.39, 0.29) is 0 Å². The SMILES string of the molecule is COC1CCN(c2cc(-n3ccnc3)c3ccc(Cl)c(Cl)c3n2)[C@@H]1C(=O)O. The number of methoxy groups -OCH3 is 1. The van der Waals surface area contributed by atoms with Crippen LogP contribution in [0, 0.1) is 0 Å². The molecule has 0 radical (unpaired) electrons. The highest BCUT2D eigenvalue weighted by molar-refractivity contribution is 6.45. The highest BCUT2D eigenvalue weighted by atomic mass is 35.5. The van der Waals surface area contributed by atoms with Crippen LogP contribution in [-0.4, -0.2) is 51.4 Å². The van der Waals surface area contributed by atoms with Crippen LogP contribution in [-0.2, 0) is 9.53 Å². The normalized spacial score (nSPS) is 19.7. The van der Waals surface area contributed by atoms with Crippen LogP contribution < -0.4 is 4.90 Å². The zero-order chi connectivity index (χ0) is 19.1. The molecule has 0 aliphatic carbocycles. The number of nitrogens with zero attached hydrogens (tertiary/aromatic N) is 4. The van der Waals surface area contributed by atoms with Gasteiger partial charge in [-0.15, -0.1) is 0 Å². The number of carboxylic acid groups (broad SMARTS) is 1. The van der Waals surface area contributed by atoms with Gasteiger partial charge in [-0.25, -0.2) is 14.8 Å². The van der Waals surface area contributed by atoms with E-state index in [1.165, 1.54) is 7.11 Å². The standard InChI is InChI=1S/C18H16Cl2N4O3/c1-27-13-4-6-24(17(13)18(25)26)14-8-12(23-7-5-21-9-23)10-2-3-11(19)15(20)16(10)22-14/h2-3,5,7-9,13,17H,4,6H2,1H3,(H,25,26)/t13?,17-/m0/s1. The van der Waals surface area contributed by atoms with Gasteiger partial charge in [0.1, 0.15) is 5.82 Å². The van der Waals surface area contributed by atoms with Crippen molar-refractivity contribution in [1.29, 1.82) is 0 Å². The summed E-state index contributed by atoms with van der Waals surface area (Å²) in [5.41, 5.74) is 1.30. The molecule has 1 unspecified atom stereocenters. The number of ether oxygens (including phenoxy) is 1. The summed E-state index contributed by atoms with van der Waals surface area (Å²) in [6.45, 7) is 0.509. The number of carboxylic acids is 1. The lowest BCUT2D eigenvalue weighted by atomic mass is 10.1. The van der Waals surface area contributed by atoms with E-state index < -0.39 is 18.1 Å². The van der Waals surface area contributed by atoms with Crippen molar-refractivity contribution in [1.82, 2.24) is 14.5 Å². The first-order chi connectivity index (χ1) is 13.0. The summed E-state index contributed by atoms with van der Waals surface area (Å²) in [6, 6.07) is 4.56. The minimum absolute atomic E-state index is 0.326. The first-order valence-corrected chi connectivity index (χ1v) is 9.06. The van der Waals surface area contributed by atoms with Crippen LogP contribution in [0.4, 0.5) is 5.82 Å². The summed E-state index contributed by atoms with van der Waals surface area (Å²) in [6.07, 6.45) is 5.32. The predicted molar refractivity (Wildman–Crippen MR) is 103 cm³/mol. The Labute approximate surface area is 165 Å². The average Bonchev–Trinajstić information content (AvgIpc) is 3.33. The van der Waals surface area contributed by atoms with Gasteiger partial charge in [-0.05, 0) is 18.6 Å². The number of rotatable bonds is 4. The van der Waals surface area contributed by atoms with E-state index in [4.69, 9.17) is 27.9 Å². The third kappa shape index (κ3) is 3.01. The van der Waals surface area contributed by atoms with Gasteiger partial charge in [0.05, 0.1) is 33.7 Å². The Morgan fingerprint density at radius 2 is 2.19 bits per heavy atom. The summed E-state index contributed by atoms with van der Waals surface area (Å²) in [5, 5.41) is 11.2. The van der Waals surface area contributed by atoms with E-state index in [0.717, 1.165) is 11.1 Å². The third-order valence-electron chi connectivity index (χ3n) is 4.81. The average molecular weight is 407 g/mol. The van der Waals surface area contributed by atoms with Crippen molar-refractivity contribution in [2.24, 2.45) is 0 Å². The molecule has 0 saturated carbocycles. The molecule has 2 atom stereocenters. The maximum atomic E-state index is 11.8. The largest absolute Gasteiger partial charge is 0.480 e. The maximum absolute atomic E-state index is 11.8. The van der Waals surface area contributed by atoms with Gasteiger partial charge in [0, 0.05) is 37.5 Å². The quantitative estimate of drug-likeness (QED) is 0.714. The van der Waals surface area contributed by atoms with Gasteiger partial charge in [-0.1, -0.05) is 23.2 Å². The van der Waals surface area contributed by atoms with Gasteiger partial charge < -0.3 is 19.3 Å². The Morgan fingerprint density at radius 1 is 1.37 bits per heavy atom. The Bertz CT molecular complexity index is 1010. The molecular weight excluding hydrogens is 391 g/mol. The van der Waals surface area contributed by atoms with Crippen molar-refractivity contribution in [3.63, 3.8) is 0 Å². The molecular formula is C18H16Cl2N4O3. The van der Waals surface area contributed by atoms with Crippen molar-refractivity contribution >= 4 is 45.9 Å². The number of benzene rings is 1. The molecule has 0 amide bonds. The van der Waals surface area contributed by atoms with Gasteiger partial charge >= 0.3 is 5.97 Å². The summed E-state index contributed by atoms with van der Waals surface area (Å²) >= 11 is 12.6.